The number of rotatable bonds is 3. The standard InChI is InChI=1S/C17H19NO3/c19-16(11-7-8-12(11)17(20)21)18-15-13-6-5-9-3-1-2-4-10(9)14(13)15/h1-4,11-15H,5-8H2,(H,18,19)(H,20,21). The van der Waals surface area contributed by atoms with Crippen molar-refractivity contribution < 1.29 is 14.7 Å². The maximum atomic E-state index is 12.3. The molecule has 0 radical (unpaired) electrons. The Morgan fingerprint density at radius 2 is 1.86 bits per heavy atom. The molecule has 3 aliphatic rings. The highest BCUT2D eigenvalue weighted by Gasteiger charge is 2.55. The molecule has 2 N–H and O–H groups in total. The van der Waals surface area contributed by atoms with Gasteiger partial charge in [0, 0.05) is 12.0 Å². The maximum absolute atomic E-state index is 12.3. The van der Waals surface area contributed by atoms with E-state index in [0.29, 0.717) is 24.7 Å². The molecule has 1 aromatic rings. The van der Waals surface area contributed by atoms with Gasteiger partial charge in [-0.2, -0.15) is 0 Å². The van der Waals surface area contributed by atoms with Crippen molar-refractivity contribution in [3.8, 4) is 0 Å². The Hall–Kier alpha value is -1.84. The predicted molar refractivity (Wildman–Crippen MR) is 76.8 cm³/mol. The highest BCUT2D eigenvalue weighted by molar-refractivity contribution is 5.86. The third-order valence-corrected chi connectivity index (χ3v) is 5.57. The van der Waals surface area contributed by atoms with E-state index in [1.165, 1.54) is 11.1 Å². The number of benzene rings is 1. The molecule has 4 heteroatoms. The number of carboxylic acid groups (broad SMARTS) is 1. The number of carbonyl (C=O) groups excluding carboxylic acids is 1. The van der Waals surface area contributed by atoms with Crippen molar-refractivity contribution in [2.75, 3.05) is 0 Å². The van der Waals surface area contributed by atoms with Crippen LogP contribution in [0.25, 0.3) is 0 Å². The summed E-state index contributed by atoms with van der Waals surface area (Å²) in [6.07, 6.45) is 3.56. The van der Waals surface area contributed by atoms with Gasteiger partial charge < -0.3 is 10.4 Å². The molecule has 1 aromatic carbocycles. The van der Waals surface area contributed by atoms with Crippen LogP contribution in [0, 0.1) is 17.8 Å². The minimum Gasteiger partial charge on any atom is -0.481 e. The lowest BCUT2D eigenvalue weighted by atomic mass is 9.73. The van der Waals surface area contributed by atoms with Crippen LogP contribution in [0.5, 0.6) is 0 Å². The van der Waals surface area contributed by atoms with E-state index >= 15 is 0 Å². The molecule has 0 saturated heterocycles. The number of fused-ring (bicyclic) bond motifs is 3. The molecular weight excluding hydrogens is 266 g/mol. The van der Waals surface area contributed by atoms with E-state index in [1.54, 1.807) is 0 Å². The van der Waals surface area contributed by atoms with Crippen LogP contribution in [-0.4, -0.2) is 23.0 Å². The molecule has 5 unspecified atom stereocenters. The van der Waals surface area contributed by atoms with E-state index in [2.05, 4.69) is 29.6 Å². The number of aliphatic carboxylic acids is 1. The molecule has 0 heterocycles. The van der Waals surface area contributed by atoms with Gasteiger partial charge in [0.05, 0.1) is 11.8 Å². The molecule has 0 bridgehead atoms. The summed E-state index contributed by atoms with van der Waals surface area (Å²) in [5.74, 6) is -0.682. The van der Waals surface area contributed by atoms with Gasteiger partial charge in [-0.15, -0.1) is 0 Å². The fourth-order valence-corrected chi connectivity index (χ4v) is 4.14. The number of hydrogen-bond donors (Lipinski definition) is 2. The van der Waals surface area contributed by atoms with Crippen LogP contribution in [-0.2, 0) is 16.0 Å². The van der Waals surface area contributed by atoms with E-state index in [1.807, 2.05) is 0 Å². The van der Waals surface area contributed by atoms with Crippen LogP contribution >= 0.6 is 0 Å². The van der Waals surface area contributed by atoms with Gasteiger partial charge in [-0.05, 0) is 42.7 Å². The quantitative estimate of drug-likeness (QED) is 0.892. The van der Waals surface area contributed by atoms with Crippen molar-refractivity contribution in [2.24, 2.45) is 17.8 Å². The zero-order valence-electron chi connectivity index (χ0n) is 11.8. The molecule has 2 fully saturated rings. The van der Waals surface area contributed by atoms with Gasteiger partial charge in [0.15, 0.2) is 0 Å². The van der Waals surface area contributed by atoms with E-state index < -0.39 is 11.9 Å². The fourth-order valence-electron chi connectivity index (χ4n) is 4.14. The zero-order valence-corrected chi connectivity index (χ0v) is 11.8. The third-order valence-electron chi connectivity index (χ3n) is 5.57. The van der Waals surface area contributed by atoms with Gasteiger partial charge >= 0.3 is 5.97 Å². The van der Waals surface area contributed by atoms with Crippen LogP contribution in [0.15, 0.2) is 24.3 Å². The smallest absolute Gasteiger partial charge is 0.307 e. The second-order valence-electron chi connectivity index (χ2n) is 6.59. The molecule has 3 aliphatic carbocycles. The van der Waals surface area contributed by atoms with Crippen molar-refractivity contribution in [1.29, 1.82) is 0 Å². The highest BCUT2D eigenvalue weighted by atomic mass is 16.4. The van der Waals surface area contributed by atoms with Crippen LogP contribution in [0.1, 0.15) is 36.3 Å². The van der Waals surface area contributed by atoms with Crippen LogP contribution in [0.4, 0.5) is 0 Å². The van der Waals surface area contributed by atoms with Crippen LogP contribution in [0.2, 0.25) is 0 Å². The summed E-state index contributed by atoms with van der Waals surface area (Å²) in [4.78, 5) is 23.3. The molecule has 110 valence electrons. The average Bonchev–Trinajstić information content (AvgIpc) is 3.10. The van der Waals surface area contributed by atoms with Crippen molar-refractivity contribution in [3.63, 3.8) is 0 Å². The first-order chi connectivity index (χ1) is 10.2. The van der Waals surface area contributed by atoms with Gasteiger partial charge in [-0.1, -0.05) is 24.3 Å². The van der Waals surface area contributed by atoms with Gasteiger partial charge in [0.1, 0.15) is 0 Å². The Morgan fingerprint density at radius 1 is 1.10 bits per heavy atom. The molecular formula is C17H19NO3. The largest absolute Gasteiger partial charge is 0.481 e. The topological polar surface area (TPSA) is 66.4 Å². The minimum atomic E-state index is -0.833. The van der Waals surface area contributed by atoms with Crippen molar-refractivity contribution >= 4 is 11.9 Å². The summed E-state index contributed by atoms with van der Waals surface area (Å²) >= 11 is 0. The van der Waals surface area contributed by atoms with E-state index in [4.69, 9.17) is 5.11 Å². The summed E-state index contributed by atoms with van der Waals surface area (Å²) in [7, 11) is 0. The van der Waals surface area contributed by atoms with Gasteiger partial charge in [-0.25, -0.2) is 0 Å². The summed E-state index contributed by atoms with van der Waals surface area (Å²) in [5.41, 5.74) is 2.78. The molecule has 0 aliphatic heterocycles. The van der Waals surface area contributed by atoms with Gasteiger partial charge in [-0.3, -0.25) is 9.59 Å². The minimum absolute atomic E-state index is 0.0504. The Bertz CT molecular complexity index is 612. The Morgan fingerprint density at radius 3 is 2.57 bits per heavy atom. The van der Waals surface area contributed by atoms with Crippen molar-refractivity contribution in [3.05, 3.63) is 35.4 Å². The number of hydrogen-bond acceptors (Lipinski definition) is 2. The summed E-state index contributed by atoms with van der Waals surface area (Å²) in [5, 5.41) is 12.2. The monoisotopic (exact) mass is 285 g/mol. The zero-order chi connectivity index (χ0) is 14.6. The normalized spacial score (nSPS) is 35.9. The molecule has 2 saturated carbocycles. The summed E-state index contributed by atoms with van der Waals surface area (Å²) < 4.78 is 0. The van der Waals surface area contributed by atoms with Crippen molar-refractivity contribution in [1.82, 2.24) is 5.32 Å². The number of amides is 1. The molecule has 4 nitrogen and oxygen atoms in total. The SMILES string of the molecule is O=C(O)C1CCC1C(=O)NC1C2CCc3ccccc3C21. The van der Waals surface area contributed by atoms with Gasteiger partial charge in [0.2, 0.25) is 5.91 Å². The lowest BCUT2D eigenvalue weighted by Crippen LogP contribution is -2.45. The second-order valence-corrected chi connectivity index (χ2v) is 6.59. The number of carboxylic acids is 1. The first-order valence-corrected chi connectivity index (χ1v) is 7.78. The number of aryl methyl sites for hydroxylation is 1. The lowest BCUT2D eigenvalue weighted by Gasteiger charge is -2.32. The molecule has 5 atom stereocenters. The lowest BCUT2D eigenvalue weighted by molar-refractivity contribution is -0.152. The number of carbonyl (C=O) groups is 2. The first kappa shape index (κ1) is 12.9. The molecule has 0 spiro atoms. The summed E-state index contributed by atoms with van der Waals surface area (Å²) in [6, 6.07) is 8.69. The van der Waals surface area contributed by atoms with E-state index in [0.717, 1.165) is 12.8 Å². The maximum Gasteiger partial charge on any atom is 0.307 e. The van der Waals surface area contributed by atoms with E-state index in [9.17, 15) is 9.59 Å². The Balaban J connectivity index is 1.44. The van der Waals surface area contributed by atoms with Gasteiger partial charge in [0.25, 0.3) is 0 Å². The third kappa shape index (κ3) is 1.96. The highest BCUT2D eigenvalue weighted by Crippen LogP contribution is 2.54. The molecule has 4 rings (SSSR count). The molecule has 21 heavy (non-hydrogen) atoms. The Kier molecular flexibility index (Phi) is 2.81. The van der Waals surface area contributed by atoms with Crippen molar-refractivity contribution in [2.45, 2.75) is 37.6 Å². The fraction of sp³-hybridized carbons (Fsp3) is 0.529. The first-order valence-electron chi connectivity index (χ1n) is 7.78. The van der Waals surface area contributed by atoms with Crippen LogP contribution in [0.3, 0.4) is 0 Å². The Labute approximate surface area is 123 Å². The summed E-state index contributed by atoms with van der Waals surface area (Å²) in [6.45, 7) is 0. The molecule has 1 amide bonds. The average molecular weight is 285 g/mol. The molecule has 0 aromatic heterocycles. The number of nitrogens with one attached hydrogen (secondary N) is 1. The predicted octanol–water partition coefficient (Wildman–Crippen LogP) is 1.94. The second kappa shape index (κ2) is 4.58. The van der Waals surface area contributed by atoms with E-state index in [-0.39, 0.29) is 17.9 Å². The van der Waals surface area contributed by atoms with Crippen LogP contribution < -0.4 is 5.32 Å².